The lowest BCUT2D eigenvalue weighted by Crippen LogP contribution is -2.32. The average Bonchev–Trinajstić information content (AvgIpc) is 3.23. The van der Waals surface area contributed by atoms with Gasteiger partial charge in [-0.1, -0.05) is 0 Å². The molecule has 1 amide bonds. The van der Waals surface area contributed by atoms with Crippen LogP contribution in [0.25, 0.3) is 0 Å². The van der Waals surface area contributed by atoms with E-state index in [2.05, 4.69) is 34.1 Å². The molecule has 0 aliphatic carbocycles. The summed E-state index contributed by atoms with van der Waals surface area (Å²) in [5.74, 6) is 0.747. The molecule has 0 spiro atoms. The summed E-state index contributed by atoms with van der Waals surface area (Å²) in [4.78, 5) is 22.3. The first-order chi connectivity index (χ1) is 11.1. The van der Waals surface area contributed by atoms with Crippen molar-refractivity contribution in [2.45, 2.75) is 26.3 Å². The highest BCUT2D eigenvalue weighted by Gasteiger charge is 2.27. The van der Waals surface area contributed by atoms with E-state index in [-0.39, 0.29) is 5.91 Å². The molecule has 2 aromatic rings. The van der Waals surface area contributed by atoms with E-state index in [1.807, 2.05) is 16.5 Å². The lowest BCUT2D eigenvalue weighted by molar-refractivity contribution is -0.129. The van der Waals surface area contributed by atoms with Gasteiger partial charge < -0.3 is 9.80 Å². The number of likely N-dealkylation sites (tertiary alicyclic amines) is 1. The summed E-state index contributed by atoms with van der Waals surface area (Å²) in [5.41, 5.74) is 3.92. The topological polar surface area (TPSA) is 65.1 Å². The van der Waals surface area contributed by atoms with Crippen molar-refractivity contribution in [3.63, 3.8) is 0 Å². The maximum Gasteiger partial charge on any atom is 0.228 e. The highest BCUT2D eigenvalue weighted by atomic mass is 32.1. The zero-order chi connectivity index (χ0) is 16.2. The van der Waals surface area contributed by atoms with Crippen molar-refractivity contribution < 1.29 is 4.79 Å². The molecule has 124 valence electrons. The number of thiazole rings is 1. The SMILES string of the molecule is Cc1ncsc1CN(C)C[C@@H]1CCN(C(=O)Cc2ccn[nH]2)C1. The fourth-order valence-electron chi connectivity index (χ4n) is 3.09. The Balaban J connectivity index is 1.46. The minimum absolute atomic E-state index is 0.192. The number of aromatic amines is 1. The van der Waals surface area contributed by atoms with Crippen molar-refractivity contribution in [1.82, 2.24) is 25.0 Å². The number of rotatable bonds is 6. The van der Waals surface area contributed by atoms with Crippen LogP contribution in [0.15, 0.2) is 17.8 Å². The molecule has 1 saturated heterocycles. The van der Waals surface area contributed by atoms with Crippen LogP contribution >= 0.6 is 11.3 Å². The van der Waals surface area contributed by atoms with Gasteiger partial charge in [-0.2, -0.15) is 5.10 Å². The second-order valence-electron chi connectivity index (χ2n) is 6.31. The van der Waals surface area contributed by atoms with Gasteiger partial charge >= 0.3 is 0 Å². The molecule has 1 N–H and O–H groups in total. The third kappa shape index (κ3) is 4.17. The quantitative estimate of drug-likeness (QED) is 0.874. The number of H-pyrrole nitrogens is 1. The van der Waals surface area contributed by atoms with Crippen LogP contribution < -0.4 is 0 Å². The van der Waals surface area contributed by atoms with E-state index in [9.17, 15) is 4.79 Å². The predicted octanol–water partition coefficient (Wildman–Crippen LogP) is 1.70. The van der Waals surface area contributed by atoms with Crippen molar-refractivity contribution in [3.8, 4) is 0 Å². The highest BCUT2D eigenvalue weighted by Crippen LogP contribution is 2.20. The monoisotopic (exact) mass is 333 g/mol. The molecule has 6 nitrogen and oxygen atoms in total. The largest absolute Gasteiger partial charge is 0.342 e. The van der Waals surface area contributed by atoms with Gasteiger partial charge in [0.15, 0.2) is 0 Å². The summed E-state index contributed by atoms with van der Waals surface area (Å²) >= 11 is 1.72. The number of carbonyl (C=O) groups is 1. The highest BCUT2D eigenvalue weighted by molar-refractivity contribution is 7.09. The average molecular weight is 333 g/mol. The molecule has 0 aromatic carbocycles. The summed E-state index contributed by atoms with van der Waals surface area (Å²) in [6.07, 6.45) is 3.19. The zero-order valence-corrected chi connectivity index (χ0v) is 14.5. The van der Waals surface area contributed by atoms with E-state index in [0.29, 0.717) is 12.3 Å². The Labute approximate surface area is 140 Å². The number of amides is 1. The summed E-state index contributed by atoms with van der Waals surface area (Å²) < 4.78 is 0. The Morgan fingerprint density at radius 2 is 2.43 bits per heavy atom. The van der Waals surface area contributed by atoms with Crippen LogP contribution in [0, 0.1) is 12.8 Å². The van der Waals surface area contributed by atoms with Gasteiger partial charge in [-0.05, 0) is 32.4 Å². The van der Waals surface area contributed by atoms with Crippen molar-refractivity contribution in [1.29, 1.82) is 0 Å². The van der Waals surface area contributed by atoms with Crippen LogP contribution in [-0.4, -0.2) is 57.6 Å². The third-order valence-corrected chi connectivity index (χ3v) is 5.29. The van der Waals surface area contributed by atoms with Crippen LogP contribution in [0.2, 0.25) is 0 Å². The first-order valence-corrected chi connectivity index (χ1v) is 8.83. The molecule has 7 heteroatoms. The second kappa shape index (κ2) is 7.23. The molecule has 1 aliphatic heterocycles. The zero-order valence-electron chi connectivity index (χ0n) is 13.7. The number of nitrogens with one attached hydrogen (secondary N) is 1. The number of hydrogen-bond donors (Lipinski definition) is 1. The normalized spacial score (nSPS) is 18.0. The maximum atomic E-state index is 12.3. The minimum atomic E-state index is 0.192. The standard InChI is InChI=1S/C16H23N5OS/c1-12-15(23-11-17-12)10-20(2)8-13-4-6-21(9-13)16(22)7-14-3-5-18-19-14/h3,5,11,13H,4,6-10H2,1-2H3,(H,18,19)/t13-/m0/s1. The van der Waals surface area contributed by atoms with Crippen LogP contribution in [-0.2, 0) is 17.8 Å². The Morgan fingerprint density at radius 3 is 3.13 bits per heavy atom. The molecule has 1 aliphatic rings. The molecule has 23 heavy (non-hydrogen) atoms. The van der Waals surface area contributed by atoms with Crippen LogP contribution in [0.4, 0.5) is 0 Å². The molecule has 0 unspecified atom stereocenters. The van der Waals surface area contributed by atoms with Crippen LogP contribution in [0.3, 0.4) is 0 Å². The Morgan fingerprint density at radius 1 is 1.57 bits per heavy atom. The molecule has 1 atom stereocenters. The van der Waals surface area contributed by atoms with Crippen molar-refractivity contribution in [3.05, 3.63) is 34.0 Å². The molecule has 0 bridgehead atoms. The Hall–Kier alpha value is -1.73. The summed E-state index contributed by atoms with van der Waals surface area (Å²) in [6, 6.07) is 1.86. The fourth-order valence-corrected chi connectivity index (χ4v) is 3.95. The molecule has 3 rings (SSSR count). The number of nitrogens with zero attached hydrogens (tertiary/aromatic N) is 4. The summed E-state index contributed by atoms with van der Waals surface area (Å²) in [6.45, 7) is 5.75. The molecule has 0 saturated carbocycles. The second-order valence-corrected chi connectivity index (χ2v) is 7.25. The Bertz CT molecular complexity index is 639. The molecular weight excluding hydrogens is 310 g/mol. The summed E-state index contributed by atoms with van der Waals surface area (Å²) in [5, 5.41) is 6.75. The van der Waals surface area contributed by atoms with Crippen LogP contribution in [0.5, 0.6) is 0 Å². The smallest absolute Gasteiger partial charge is 0.228 e. The molecular formula is C16H23N5OS. The van der Waals surface area contributed by atoms with Crippen molar-refractivity contribution in [2.24, 2.45) is 5.92 Å². The van der Waals surface area contributed by atoms with E-state index in [1.54, 1.807) is 17.5 Å². The van der Waals surface area contributed by atoms with Gasteiger partial charge in [-0.25, -0.2) is 4.98 Å². The van der Waals surface area contributed by atoms with E-state index in [0.717, 1.165) is 44.0 Å². The minimum Gasteiger partial charge on any atom is -0.342 e. The van der Waals surface area contributed by atoms with Gasteiger partial charge in [0.25, 0.3) is 0 Å². The third-order valence-electron chi connectivity index (χ3n) is 4.37. The predicted molar refractivity (Wildman–Crippen MR) is 90.2 cm³/mol. The van der Waals surface area contributed by atoms with Gasteiger partial charge in [0.1, 0.15) is 0 Å². The van der Waals surface area contributed by atoms with E-state index in [1.165, 1.54) is 4.88 Å². The van der Waals surface area contributed by atoms with Crippen molar-refractivity contribution >= 4 is 17.2 Å². The maximum absolute atomic E-state index is 12.3. The number of aryl methyl sites for hydroxylation is 1. The van der Waals surface area contributed by atoms with Crippen molar-refractivity contribution in [2.75, 3.05) is 26.7 Å². The first-order valence-electron chi connectivity index (χ1n) is 7.95. The molecule has 3 heterocycles. The van der Waals surface area contributed by atoms with E-state index < -0.39 is 0 Å². The Kier molecular flexibility index (Phi) is 5.07. The van der Waals surface area contributed by atoms with Gasteiger partial charge in [0.2, 0.25) is 5.91 Å². The van der Waals surface area contributed by atoms with E-state index >= 15 is 0 Å². The van der Waals surface area contributed by atoms with Crippen LogP contribution in [0.1, 0.15) is 22.7 Å². The number of carbonyl (C=O) groups excluding carboxylic acids is 1. The lowest BCUT2D eigenvalue weighted by Gasteiger charge is -2.21. The number of aromatic nitrogens is 3. The lowest BCUT2D eigenvalue weighted by atomic mass is 10.1. The van der Waals surface area contributed by atoms with E-state index in [4.69, 9.17) is 0 Å². The molecule has 1 fully saturated rings. The number of hydrogen-bond acceptors (Lipinski definition) is 5. The van der Waals surface area contributed by atoms with Gasteiger partial charge in [0, 0.05) is 42.9 Å². The van der Waals surface area contributed by atoms with Gasteiger partial charge in [-0.15, -0.1) is 11.3 Å². The summed E-state index contributed by atoms with van der Waals surface area (Å²) in [7, 11) is 2.15. The first kappa shape index (κ1) is 16.1. The molecule has 2 aromatic heterocycles. The molecule has 0 radical (unpaired) electrons. The van der Waals surface area contributed by atoms with Gasteiger partial charge in [0.05, 0.1) is 17.6 Å². The fraction of sp³-hybridized carbons (Fsp3) is 0.562. The van der Waals surface area contributed by atoms with Gasteiger partial charge in [-0.3, -0.25) is 9.89 Å².